The lowest BCUT2D eigenvalue weighted by Crippen LogP contribution is -2.07. The molecule has 1 rings (SSSR count). The van der Waals surface area contributed by atoms with Gasteiger partial charge in [0.25, 0.3) is 0 Å². The van der Waals surface area contributed by atoms with E-state index in [4.69, 9.17) is 0 Å². The Morgan fingerprint density at radius 1 is 1.36 bits per heavy atom. The first-order valence-electron chi connectivity index (χ1n) is 4.92. The van der Waals surface area contributed by atoms with Crippen LogP contribution in [-0.2, 0) is 4.79 Å². The third-order valence-corrected chi connectivity index (χ3v) is 2.30. The molecule has 1 unspecified atom stereocenters. The van der Waals surface area contributed by atoms with Gasteiger partial charge in [0.1, 0.15) is 5.78 Å². The fourth-order valence-corrected chi connectivity index (χ4v) is 1.49. The summed E-state index contributed by atoms with van der Waals surface area (Å²) < 4.78 is 0. The van der Waals surface area contributed by atoms with E-state index >= 15 is 0 Å². The van der Waals surface area contributed by atoms with E-state index in [-0.39, 0.29) is 11.7 Å². The number of hydrogen-bond acceptors (Lipinski definition) is 1. The fraction of sp³-hybridized carbons (Fsp3) is 0.308. The molecule has 0 aliphatic heterocycles. The Morgan fingerprint density at radius 3 is 2.50 bits per heavy atom. The van der Waals surface area contributed by atoms with Crippen molar-refractivity contribution in [1.82, 2.24) is 0 Å². The summed E-state index contributed by atoms with van der Waals surface area (Å²) in [7, 11) is 0. The highest BCUT2D eigenvalue weighted by Gasteiger charge is 2.13. The van der Waals surface area contributed by atoms with Crippen molar-refractivity contribution in [3.63, 3.8) is 0 Å². The number of carbonyl (C=O) groups excluding carboxylic acids is 1. The molecule has 1 heteroatoms. The van der Waals surface area contributed by atoms with Crippen LogP contribution in [0.2, 0.25) is 0 Å². The first kappa shape index (κ1) is 10.7. The molecule has 0 aliphatic carbocycles. The lowest BCUT2D eigenvalue weighted by atomic mass is 9.92. The van der Waals surface area contributed by atoms with Crippen LogP contribution in [0.3, 0.4) is 0 Å². The smallest absolute Gasteiger partial charge is 0.137 e. The number of allylic oxidation sites excluding steroid dienone is 2. The minimum Gasteiger partial charge on any atom is -0.299 e. The highest BCUT2D eigenvalue weighted by Crippen LogP contribution is 2.20. The van der Waals surface area contributed by atoms with E-state index in [0.717, 1.165) is 12.0 Å². The van der Waals surface area contributed by atoms with E-state index in [2.05, 4.69) is 0 Å². The maximum Gasteiger partial charge on any atom is 0.137 e. The fourth-order valence-electron chi connectivity index (χ4n) is 1.49. The molecule has 0 heterocycles. The molecular weight excluding hydrogens is 172 g/mol. The first-order chi connectivity index (χ1) is 6.75. The van der Waals surface area contributed by atoms with Crippen LogP contribution in [-0.4, -0.2) is 5.78 Å². The molecule has 0 radical (unpaired) electrons. The van der Waals surface area contributed by atoms with Crippen molar-refractivity contribution in [2.45, 2.75) is 26.2 Å². The van der Waals surface area contributed by atoms with Gasteiger partial charge in [-0.2, -0.15) is 0 Å². The molecule has 0 aliphatic rings. The van der Waals surface area contributed by atoms with Gasteiger partial charge in [0, 0.05) is 5.92 Å². The second-order valence-corrected chi connectivity index (χ2v) is 3.38. The largest absolute Gasteiger partial charge is 0.299 e. The molecule has 74 valence electrons. The average molecular weight is 188 g/mol. The number of carbonyl (C=O) groups is 1. The lowest BCUT2D eigenvalue weighted by molar-refractivity contribution is -0.118. The van der Waals surface area contributed by atoms with Crippen molar-refractivity contribution < 1.29 is 4.79 Å². The summed E-state index contributed by atoms with van der Waals surface area (Å²) in [6.45, 7) is 3.63. The lowest BCUT2D eigenvalue weighted by Gasteiger charge is -2.11. The highest BCUT2D eigenvalue weighted by molar-refractivity contribution is 5.83. The van der Waals surface area contributed by atoms with Gasteiger partial charge in [0.05, 0.1) is 0 Å². The summed E-state index contributed by atoms with van der Waals surface area (Å²) in [5, 5.41) is 0. The monoisotopic (exact) mass is 188 g/mol. The molecule has 0 amide bonds. The van der Waals surface area contributed by atoms with Gasteiger partial charge in [0.15, 0.2) is 0 Å². The van der Waals surface area contributed by atoms with E-state index in [0.29, 0.717) is 0 Å². The van der Waals surface area contributed by atoms with Crippen molar-refractivity contribution >= 4 is 5.78 Å². The zero-order chi connectivity index (χ0) is 10.4. The second kappa shape index (κ2) is 5.38. The number of Topliss-reactive ketones (excluding diaryl/α,β-unsaturated/α-hetero) is 1. The molecule has 1 nitrogen and oxygen atoms in total. The zero-order valence-electron chi connectivity index (χ0n) is 8.73. The molecule has 1 atom stereocenters. The molecule has 1 aromatic rings. The third-order valence-electron chi connectivity index (χ3n) is 2.30. The van der Waals surface area contributed by atoms with Gasteiger partial charge < -0.3 is 0 Å². The van der Waals surface area contributed by atoms with Crippen LogP contribution in [0.25, 0.3) is 0 Å². The molecule has 0 fully saturated rings. The van der Waals surface area contributed by atoms with Gasteiger partial charge in [-0.15, -0.1) is 0 Å². The average Bonchev–Trinajstić information content (AvgIpc) is 2.19. The van der Waals surface area contributed by atoms with Crippen LogP contribution in [0.5, 0.6) is 0 Å². The van der Waals surface area contributed by atoms with Crippen LogP contribution in [0, 0.1) is 0 Å². The summed E-state index contributed by atoms with van der Waals surface area (Å²) in [6.07, 6.45) is 4.83. The quantitative estimate of drug-likeness (QED) is 0.662. The Balaban J connectivity index is 2.83. The summed E-state index contributed by atoms with van der Waals surface area (Å²) in [5.41, 5.74) is 1.11. The Kier molecular flexibility index (Phi) is 4.11. The van der Waals surface area contributed by atoms with Crippen molar-refractivity contribution in [3.05, 3.63) is 48.0 Å². The zero-order valence-corrected chi connectivity index (χ0v) is 8.73. The molecule has 0 saturated heterocycles. The van der Waals surface area contributed by atoms with Gasteiger partial charge in [0.2, 0.25) is 0 Å². The Labute approximate surface area is 85.5 Å². The van der Waals surface area contributed by atoms with Crippen molar-refractivity contribution in [2.24, 2.45) is 0 Å². The number of benzene rings is 1. The minimum atomic E-state index is 0.0207. The third kappa shape index (κ3) is 2.84. The van der Waals surface area contributed by atoms with Gasteiger partial charge in [-0.3, -0.25) is 4.79 Å². The predicted octanol–water partition coefficient (Wildman–Crippen LogP) is 3.33. The molecule has 1 aromatic carbocycles. The Morgan fingerprint density at radius 2 is 2.00 bits per heavy atom. The van der Waals surface area contributed by atoms with E-state index in [9.17, 15) is 4.79 Å². The standard InChI is InChI=1S/C13H16O/c1-3-4-10-13(11(2)14)12-8-6-5-7-9-12/h3-9,13H,10H2,1-2H3/b4-3-. The van der Waals surface area contributed by atoms with E-state index in [1.165, 1.54) is 0 Å². The summed E-state index contributed by atoms with van der Waals surface area (Å²) in [4.78, 5) is 11.4. The molecule has 0 bridgehead atoms. The SMILES string of the molecule is C/C=C\CC(C(C)=O)c1ccccc1. The number of ketones is 1. The van der Waals surface area contributed by atoms with Gasteiger partial charge >= 0.3 is 0 Å². The Hall–Kier alpha value is -1.37. The molecule has 0 N–H and O–H groups in total. The highest BCUT2D eigenvalue weighted by atomic mass is 16.1. The maximum atomic E-state index is 11.4. The summed E-state index contributed by atoms with van der Waals surface area (Å²) in [5.74, 6) is 0.252. The summed E-state index contributed by atoms with van der Waals surface area (Å²) in [6, 6.07) is 9.93. The van der Waals surface area contributed by atoms with E-state index in [1.807, 2.05) is 49.4 Å². The molecule has 0 aromatic heterocycles. The van der Waals surface area contributed by atoms with Crippen LogP contribution in [0.15, 0.2) is 42.5 Å². The second-order valence-electron chi connectivity index (χ2n) is 3.38. The Bertz CT molecular complexity index is 311. The van der Waals surface area contributed by atoms with Gasteiger partial charge in [-0.25, -0.2) is 0 Å². The maximum absolute atomic E-state index is 11.4. The molecule has 14 heavy (non-hydrogen) atoms. The topological polar surface area (TPSA) is 17.1 Å². The van der Waals surface area contributed by atoms with Crippen LogP contribution >= 0.6 is 0 Å². The van der Waals surface area contributed by atoms with Crippen LogP contribution in [0.4, 0.5) is 0 Å². The number of hydrogen-bond donors (Lipinski definition) is 0. The normalized spacial score (nSPS) is 13.0. The van der Waals surface area contributed by atoms with E-state index in [1.54, 1.807) is 6.92 Å². The van der Waals surface area contributed by atoms with E-state index < -0.39 is 0 Å². The van der Waals surface area contributed by atoms with Crippen molar-refractivity contribution in [2.75, 3.05) is 0 Å². The summed E-state index contributed by atoms with van der Waals surface area (Å²) >= 11 is 0. The van der Waals surface area contributed by atoms with Crippen LogP contribution < -0.4 is 0 Å². The van der Waals surface area contributed by atoms with Crippen molar-refractivity contribution in [3.8, 4) is 0 Å². The first-order valence-corrected chi connectivity index (χ1v) is 4.92. The van der Waals surface area contributed by atoms with Crippen molar-refractivity contribution in [1.29, 1.82) is 0 Å². The molecular formula is C13H16O. The predicted molar refractivity (Wildman–Crippen MR) is 59.3 cm³/mol. The van der Waals surface area contributed by atoms with Gasteiger partial charge in [-0.1, -0.05) is 42.5 Å². The molecule has 0 saturated carbocycles. The molecule has 0 spiro atoms. The van der Waals surface area contributed by atoms with Gasteiger partial charge in [-0.05, 0) is 25.8 Å². The minimum absolute atomic E-state index is 0.0207. The number of rotatable bonds is 4. The van der Waals surface area contributed by atoms with Crippen LogP contribution in [0.1, 0.15) is 31.7 Å².